The molecule has 0 atom stereocenters. The average Bonchev–Trinajstić information content (AvgIpc) is 2.44. The first-order valence-corrected chi connectivity index (χ1v) is 7.62. The Kier molecular flexibility index (Phi) is 4.97. The van der Waals surface area contributed by atoms with Crippen molar-refractivity contribution < 1.29 is 9.66 Å². The lowest BCUT2D eigenvalue weighted by atomic mass is 10.1. The highest BCUT2D eigenvalue weighted by molar-refractivity contribution is 9.11. The van der Waals surface area contributed by atoms with Gasteiger partial charge in [0.1, 0.15) is 5.75 Å². The molecule has 2 aromatic rings. The Morgan fingerprint density at radius 3 is 2.38 bits per heavy atom. The molecule has 7 heteroatoms. The lowest BCUT2D eigenvalue weighted by molar-refractivity contribution is -0.385. The van der Waals surface area contributed by atoms with Gasteiger partial charge in [-0.05, 0) is 56.0 Å². The fourth-order valence-electron chi connectivity index (χ4n) is 1.74. The van der Waals surface area contributed by atoms with Crippen molar-refractivity contribution in [3.8, 4) is 11.5 Å². The van der Waals surface area contributed by atoms with Crippen LogP contribution in [-0.2, 0) is 6.54 Å². The van der Waals surface area contributed by atoms with E-state index >= 15 is 0 Å². The van der Waals surface area contributed by atoms with E-state index < -0.39 is 4.92 Å². The van der Waals surface area contributed by atoms with Crippen molar-refractivity contribution in [3.63, 3.8) is 0 Å². The number of halogens is 2. The van der Waals surface area contributed by atoms with Crippen molar-refractivity contribution in [2.45, 2.75) is 13.5 Å². The summed E-state index contributed by atoms with van der Waals surface area (Å²) in [4.78, 5) is 10.4. The quantitative estimate of drug-likeness (QED) is 0.580. The van der Waals surface area contributed by atoms with Gasteiger partial charge in [-0.2, -0.15) is 0 Å². The van der Waals surface area contributed by atoms with Gasteiger partial charge >= 0.3 is 0 Å². The largest absolute Gasteiger partial charge is 0.455 e. The molecule has 0 aliphatic rings. The first-order chi connectivity index (χ1) is 9.92. The first-order valence-electron chi connectivity index (χ1n) is 6.03. The third kappa shape index (κ3) is 3.61. The van der Waals surface area contributed by atoms with Crippen LogP contribution in [0.25, 0.3) is 0 Å². The van der Waals surface area contributed by atoms with Crippen LogP contribution in [0.5, 0.6) is 11.5 Å². The van der Waals surface area contributed by atoms with Crippen LogP contribution in [0.1, 0.15) is 11.1 Å². The van der Waals surface area contributed by atoms with E-state index in [0.29, 0.717) is 27.0 Å². The van der Waals surface area contributed by atoms with Gasteiger partial charge in [0.05, 0.1) is 13.9 Å². The summed E-state index contributed by atoms with van der Waals surface area (Å²) in [6.07, 6.45) is 0. The normalized spacial score (nSPS) is 10.5. The van der Waals surface area contributed by atoms with Crippen LogP contribution in [-0.4, -0.2) is 4.92 Å². The highest BCUT2D eigenvalue weighted by atomic mass is 79.9. The maximum Gasteiger partial charge on any atom is 0.271 e. The van der Waals surface area contributed by atoms with E-state index in [-0.39, 0.29) is 5.69 Å². The number of nitro groups is 1. The number of hydrogen-bond acceptors (Lipinski definition) is 4. The van der Waals surface area contributed by atoms with Crippen molar-refractivity contribution >= 4 is 37.5 Å². The molecule has 0 fully saturated rings. The predicted octanol–water partition coefficient (Wildman–Crippen LogP) is 4.68. The van der Waals surface area contributed by atoms with Crippen molar-refractivity contribution in [3.05, 3.63) is 60.5 Å². The average molecular weight is 416 g/mol. The third-order valence-corrected chi connectivity index (χ3v) is 4.07. The van der Waals surface area contributed by atoms with Gasteiger partial charge in [0.2, 0.25) is 0 Å². The molecule has 0 radical (unpaired) electrons. The van der Waals surface area contributed by atoms with Gasteiger partial charge in [-0.1, -0.05) is 12.1 Å². The number of nitrogens with zero attached hydrogens (tertiary/aromatic N) is 1. The van der Waals surface area contributed by atoms with Crippen LogP contribution in [0.15, 0.2) is 39.3 Å². The maximum atomic E-state index is 10.8. The fraction of sp³-hybridized carbons (Fsp3) is 0.143. The van der Waals surface area contributed by atoms with Gasteiger partial charge in [0.25, 0.3) is 5.69 Å². The van der Waals surface area contributed by atoms with E-state index in [0.717, 1.165) is 11.1 Å². The lowest BCUT2D eigenvalue weighted by Crippen LogP contribution is -1.98. The molecule has 0 spiro atoms. The number of ether oxygens (including phenoxy) is 1. The minimum absolute atomic E-state index is 0.0199. The molecule has 0 aliphatic carbocycles. The molecule has 21 heavy (non-hydrogen) atoms. The first kappa shape index (κ1) is 15.9. The summed E-state index contributed by atoms with van der Waals surface area (Å²) in [7, 11) is 0. The maximum absolute atomic E-state index is 10.8. The van der Waals surface area contributed by atoms with Crippen molar-refractivity contribution in [2.75, 3.05) is 0 Å². The molecule has 2 aromatic carbocycles. The predicted molar refractivity (Wildman–Crippen MR) is 87.6 cm³/mol. The Bertz CT molecular complexity index is 682. The van der Waals surface area contributed by atoms with Crippen LogP contribution in [0.3, 0.4) is 0 Å². The molecule has 0 bridgehead atoms. The van der Waals surface area contributed by atoms with Gasteiger partial charge in [-0.15, -0.1) is 0 Å². The monoisotopic (exact) mass is 414 g/mol. The summed E-state index contributed by atoms with van der Waals surface area (Å²) in [6, 6.07) is 8.52. The Morgan fingerprint density at radius 2 is 1.86 bits per heavy atom. The molecule has 0 aliphatic heterocycles. The highest BCUT2D eigenvalue weighted by Gasteiger charge is 2.16. The summed E-state index contributed by atoms with van der Waals surface area (Å²) in [5.74, 6) is 1.14. The summed E-state index contributed by atoms with van der Waals surface area (Å²) >= 11 is 6.60. The van der Waals surface area contributed by atoms with Crippen LogP contribution >= 0.6 is 31.9 Å². The van der Waals surface area contributed by atoms with E-state index in [1.165, 1.54) is 12.1 Å². The topological polar surface area (TPSA) is 78.4 Å². The van der Waals surface area contributed by atoms with Gasteiger partial charge in [-0.3, -0.25) is 10.1 Å². The van der Waals surface area contributed by atoms with Gasteiger partial charge < -0.3 is 10.5 Å². The van der Waals surface area contributed by atoms with Crippen molar-refractivity contribution in [1.82, 2.24) is 0 Å². The Balaban J connectivity index is 2.42. The minimum atomic E-state index is -0.459. The second kappa shape index (κ2) is 6.55. The van der Waals surface area contributed by atoms with E-state index in [9.17, 15) is 10.1 Å². The summed E-state index contributed by atoms with van der Waals surface area (Å²) in [5.41, 5.74) is 7.50. The third-order valence-electron chi connectivity index (χ3n) is 2.89. The van der Waals surface area contributed by atoms with Gasteiger partial charge in [-0.25, -0.2) is 0 Å². The molecule has 0 heterocycles. The van der Waals surface area contributed by atoms with Crippen molar-refractivity contribution in [2.24, 2.45) is 5.73 Å². The van der Waals surface area contributed by atoms with Crippen LogP contribution in [0, 0.1) is 17.0 Å². The number of non-ortho nitro benzene ring substituents is 1. The molecule has 0 unspecified atom stereocenters. The summed E-state index contributed by atoms with van der Waals surface area (Å²) < 4.78 is 6.88. The summed E-state index contributed by atoms with van der Waals surface area (Å²) in [5, 5.41) is 10.8. The zero-order valence-electron chi connectivity index (χ0n) is 11.1. The molecule has 2 rings (SSSR count). The van der Waals surface area contributed by atoms with E-state index in [1.807, 2.05) is 25.1 Å². The number of benzene rings is 2. The zero-order chi connectivity index (χ0) is 15.6. The zero-order valence-corrected chi connectivity index (χ0v) is 14.3. The highest BCUT2D eigenvalue weighted by Crippen LogP contribution is 2.40. The van der Waals surface area contributed by atoms with Crippen LogP contribution in [0.4, 0.5) is 5.69 Å². The molecule has 110 valence electrons. The standard InChI is InChI=1S/C14H12Br2N2O3/c1-8-2-3-9(7-17)4-13(8)21-14-11(15)5-10(18(19)20)6-12(14)16/h2-6H,7,17H2,1H3. The minimum Gasteiger partial charge on any atom is -0.455 e. The molecule has 0 amide bonds. The molecule has 2 N–H and O–H groups in total. The number of aryl methyl sites for hydroxylation is 1. The van der Waals surface area contributed by atoms with Crippen molar-refractivity contribution in [1.29, 1.82) is 0 Å². The molecular weight excluding hydrogens is 404 g/mol. The van der Waals surface area contributed by atoms with E-state index in [1.54, 1.807) is 0 Å². The number of rotatable bonds is 4. The van der Waals surface area contributed by atoms with E-state index in [2.05, 4.69) is 31.9 Å². The molecule has 0 aromatic heterocycles. The fourth-order valence-corrected chi connectivity index (χ4v) is 3.06. The molecule has 0 saturated carbocycles. The molecule has 0 saturated heterocycles. The lowest BCUT2D eigenvalue weighted by Gasteiger charge is -2.13. The Labute approximate surface area is 138 Å². The van der Waals surface area contributed by atoms with Gasteiger partial charge in [0, 0.05) is 18.7 Å². The SMILES string of the molecule is Cc1ccc(CN)cc1Oc1c(Br)cc([N+](=O)[O-])cc1Br. The number of nitro benzene ring substituents is 1. The Morgan fingerprint density at radius 1 is 1.24 bits per heavy atom. The number of nitrogens with two attached hydrogens (primary N) is 1. The van der Waals surface area contributed by atoms with Gasteiger partial charge in [0.15, 0.2) is 5.75 Å². The molecular formula is C14H12Br2N2O3. The van der Waals surface area contributed by atoms with Crippen LogP contribution < -0.4 is 10.5 Å². The second-order valence-electron chi connectivity index (χ2n) is 4.40. The van der Waals surface area contributed by atoms with E-state index in [4.69, 9.17) is 10.5 Å². The second-order valence-corrected chi connectivity index (χ2v) is 6.11. The molecule has 5 nitrogen and oxygen atoms in total. The smallest absolute Gasteiger partial charge is 0.271 e. The Hall–Kier alpha value is -1.44. The number of hydrogen-bond donors (Lipinski definition) is 1. The summed E-state index contributed by atoms with van der Waals surface area (Å²) in [6.45, 7) is 2.34. The van der Waals surface area contributed by atoms with Crippen LogP contribution in [0.2, 0.25) is 0 Å².